The number of piperidine rings is 1. The van der Waals surface area contributed by atoms with Crippen LogP contribution in [0.5, 0.6) is 0 Å². The first-order valence-corrected chi connectivity index (χ1v) is 9.40. The average Bonchev–Trinajstić information content (AvgIpc) is 3.28. The molecule has 140 valence electrons. The van der Waals surface area contributed by atoms with E-state index < -0.39 is 0 Å². The van der Waals surface area contributed by atoms with Crippen molar-refractivity contribution < 1.29 is 4.79 Å². The van der Waals surface area contributed by atoms with Gasteiger partial charge in [0.15, 0.2) is 5.78 Å². The fraction of sp³-hybridized carbons (Fsp3) is 0.273. The molecule has 1 unspecified atom stereocenters. The van der Waals surface area contributed by atoms with Crippen LogP contribution < -0.4 is 5.32 Å². The van der Waals surface area contributed by atoms with E-state index in [4.69, 9.17) is 0 Å². The van der Waals surface area contributed by atoms with Gasteiger partial charge in [0.2, 0.25) is 0 Å². The van der Waals surface area contributed by atoms with Crippen LogP contribution in [0.2, 0.25) is 0 Å². The maximum atomic E-state index is 13.3. The summed E-state index contributed by atoms with van der Waals surface area (Å²) in [6.45, 7) is 2.10. The molecule has 0 amide bonds. The Kier molecular flexibility index (Phi) is 5.27. The molecule has 3 aromatic rings. The molecule has 0 aliphatic carbocycles. The van der Waals surface area contributed by atoms with Gasteiger partial charge in [0.1, 0.15) is 5.69 Å². The molecule has 0 bridgehead atoms. The van der Waals surface area contributed by atoms with Gasteiger partial charge in [-0.1, -0.05) is 24.1 Å². The third-order valence-corrected chi connectivity index (χ3v) is 4.89. The summed E-state index contributed by atoms with van der Waals surface area (Å²) in [5.74, 6) is 6.38. The van der Waals surface area contributed by atoms with Crippen LogP contribution in [0.4, 0.5) is 0 Å². The minimum absolute atomic E-state index is 0.0425. The lowest BCUT2D eigenvalue weighted by molar-refractivity contribution is 0.0889. The molecule has 1 saturated heterocycles. The van der Waals surface area contributed by atoms with Crippen LogP contribution in [0.1, 0.15) is 35.8 Å². The quantitative estimate of drug-likeness (QED) is 0.566. The monoisotopic (exact) mass is 371 g/mol. The zero-order chi connectivity index (χ0) is 19.3. The standard InChI is InChI=1S/C22H21N5O/c1-16-8-9-17(10-11-19-6-2-3-12-23-19)21(26-16)22(28)18-5-4-7-20(15-18)27-24-13-14-25-27/h2-7,12-17,21,26H,8-9H2,1H3/t16-,17+,21?/m1/s1. The number of benzene rings is 1. The Morgan fingerprint density at radius 3 is 2.75 bits per heavy atom. The third-order valence-electron chi connectivity index (χ3n) is 4.89. The van der Waals surface area contributed by atoms with Gasteiger partial charge < -0.3 is 5.32 Å². The number of nitrogens with zero attached hydrogens (tertiary/aromatic N) is 4. The highest BCUT2D eigenvalue weighted by Crippen LogP contribution is 2.23. The molecule has 6 heteroatoms. The fourth-order valence-electron chi connectivity index (χ4n) is 3.43. The third kappa shape index (κ3) is 4.00. The Balaban J connectivity index is 1.60. The van der Waals surface area contributed by atoms with Gasteiger partial charge in [-0.15, -0.1) is 0 Å². The zero-order valence-electron chi connectivity index (χ0n) is 15.6. The molecule has 1 aliphatic heterocycles. The second-order valence-electron chi connectivity index (χ2n) is 6.95. The van der Waals surface area contributed by atoms with Crippen molar-refractivity contribution in [3.05, 3.63) is 72.3 Å². The number of aromatic nitrogens is 4. The Bertz CT molecular complexity index is 1000. The Labute approximate surface area is 164 Å². The van der Waals surface area contributed by atoms with Crippen molar-refractivity contribution in [2.24, 2.45) is 5.92 Å². The number of Topliss-reactive ketones (excluding diaryl/α,β-unsaturated/α-hetero) is 1. The van der Waals surface area contributed by atoms with E-state index in [0.717, 1.165) is 24.2 Å². The van der Waals surface area contributed by atoms with E-state index in [9.17, 15) is 4.79 Å². The van der Waals surface area contributed by atoms with Crippen LogP contribution in [-0.4, -0.2) is 37.8 Å². The zero-order valence-corrected chi connectivity index (χ0v) is 15.6. The van der Waals surface area contributed by atoms with Gasteiger partial charge in [-0.2, -0.15) is 15.0 Å². The normalized spacial score (nSPS) is 21.5. The van der Waals surface area contributed by atoms with Crippen LogP contribution in [-0.2, 0) is 0 Å². The minimum atomic E-state index is -0.346. The number of rotatable bonds is 3. The molecule has 1 aliphatic rings. The van der Waals surface area contributed by atoms with Crippen molar-refractivity contribution in [1.82, 2.24) is 25.3 Å². The molecule has 4 rings (SSSR count). The van der Waals surface area contributed by atoms with E-state index in [-0.39, 0.29) is 23.8 Å². The van der Waals surface area contributed by atoms with Gasteiger partial charge in [0.05, 0.1) is 24.1 Å². The number of hydrogen-bond donors (Lipinski definition) is 1. The van der Waals surface area contributed by atoms with Crippen LogP contribution in [0.3, 0.4) is 0 Å². The Morgan fingerprint density at radius 1 is 1.11 bits per heavy atom. The summed E-state index contributed by atoms with van der Waals surface area (Å²) in [6.07, 6.45) is 6.82. The van der Waals surface area contributed by atoms with Crippen LogP contribution >= 0.6 is 0 Å². The van der Waals surface area contributed by atoms with E-state index in [1.54, 1.807) is 18.6 Å². The molecule has 3 heterocycles. The van der Waals surface area contributed by atoms with Crippen LogP contribution in [0.15, 0.2) is 61.1 Å². The molecule has 1 N–H and O–H groups in total. The largest absolute Gasteiger partial charge is 0.304 e. The molecule has 0 radical (unpaired) electrons. The Hall–Kier alpha value is -3.30. The van der Waals surface area contributed by atoms with Gasteiger partial charge in [-0.25, -0.2) is 4.98 Å². The number of carbonyl (C=O) groups is 1. The predicted octanol–water partition coefficient (Wildman–Crippen LogP) is 2.65. The van der Waals surface area contributed by atoms with Gasteiger partial charge in [0, 0.05) is 23.7 Å². The van der Waals surface area contributed by atoms with Crippen LogP contribution in [0.25, 0.3) is 5.69 Å². The highest BCUT2D eigenvalue weighted by molar-refractivity contribution is 6.01. The Morgan fingerprint density at radius 2 is 1.96 bits per heavy atom. The highest BCUT2D eigenvalue weighted by atomic mass is 16.1. The molecular formula is C22H21N5O. The molecule has 2 aromatic heterocycles. The smallest absolute Gasteiger partial charge is 0.181 e. The summed E-state index contributed by atoms with van der Waals surface area (Å²) >= 11 is 0. The summed E-state index contributed by atoms with van der Waals surface area (Å²) in [6, 6.07) is 13.0. The van der Waals surface area contributed by atoms with Crippen molar-refractivity contribution in [3.8, 4) is 17.5 Å². The van der Waals surface area contributed by atoms with Crippen molar-refractivity contribution in [1.29, 1.82) is 0 Å². The molecule has 1 fully saturated rings. The second-order valence-corrected chi connectivity index (χ2v) is 6.95. The average molecular weight is 371 g/mol. The summed E-state index contributed by atoms with van der Waals surface area (Å²) in [5, 5.41) is 11.7. The van der Waals surface area contributed by atoms with Crippen molar-refractivity contribution in [2.75, 3.05) is 0 Å². The highest BCUT2D eigenvalue weighted by Gasteiger charge is 2.33. The number of ketones is 1. The second kappa shape index (κ2) is 8.15. The van der Waals surface area contributed by atoms with Crippen molar-refractivity contribution in [2.45, 2.75) is 31.8 Å². The first kappa shape index (κ1) is 18.1. The van der Waals surface area contributed by atoms with Gasteiger partial charge in [-0.05, 0) is 50.0 Å². The molecule has 1 aromatic carbocycles. The summed E-state index contributed by atoms with van der Waals surface area (Å²) in [4.78, 5) is 19.0. The van der Waals surface area contributed by atoms with Gasteiger partial charge in [0.25, 0.3) is 0 Å². The maximum Gasteiger partial charge on any atom is 0.181 e. The lowest BCUT2D eigenvalue weighted by Crippen LogP contribution is -2.50. The minimum Gasteiger partial charge on any atom is -0.304 e. The van der Waals surface area contributed by atoms with E-state index in [1.165, 1.54) is 4.80 Å². The molecule has 0 saturated carbocycles. The fourth-order valence-corrected chi connectivity index (χ4v) is 3.43. The lowest BCUT2D eigenvalue weighted by atomic mass is 9.84. The molecular weight excluding hydrogens is 350 g/mol. The van der Waals surface area contributed by atoms with Gasteiger partial charge >= 0.3 is 0 Å². The molecule has 0 spiro atoms. The van der Waals surface area contributed by atoms with E-state index >= 15 is 0 Å². The summed E-state index contributed by atoms with van der Waals surface area (Å²) in [5.41, 5.74) is 2.11. The van der Waals surface area contributed by atoms with Crippen molar-refractivity contribution >= 4 is 5.78 Å². The molecule has 6 nitrogen and oxygen atoms in total. The van der Waals surface area contributed by atoms with E-state index in [0.29, 0.717) is 5.56 Å². The molecule has 3 atom stereocenters. The number of pyridine rings is 1. The molecule has 28 heavy (non-hydrogen) atoms. The van der Waals surface area contributed by atoms with Crippen molar-refractivity contribution in [3.63, 3.8) is 0 Å². The summed E-state index contributed by atoms with van der Waals surface area (Å²) in [7, 11) is 0. The SMILES string of the molecule is C[C@@H]1CC[C@@H](C#Cc2ccccn2)C(C(=O)c2cccc(-n3nccn3)c2)N1. The first-order chi connectivity index (χ1) is 13.7. The lowest BCUT2D eigenvalue weighted by Gasteiger charge is -2.32. The summed E-state index contributed by atoms with van der Waals surface area (Å²) < 4.78 is 0. The van der Waals surface area contributed by atoms with E-state index in [2.05, 4.69) is 39.3 Å². The topological polar surface area (TPSA) is 72.7 Å². The van der Waals surface area contributed by atoms with Crippen LogP contribution in [0, 0.1) is 17.8 Å². The first-order valence-electron chi connectivity index (χ1n) is 9.40. The number of hydrogen-bond acceptors (Lipinski definition) is 5. The number of carbonyl (C=O) groups excluding carboxylic acids is 1. The predicted molar refractivity (Wildman–Crippen MR) is 106 cm³/mol. The van der Waals surface area contributed by atoms with Gasteiger partial charge in [-0.3, -0.25) is 4.79 Å². The maximum absolute atomic E-state index is 13.3. The number of nitrogens with one attached hydrogen (secondary N) is 1. The van der Waals surface area contributed by atoms with E-state index in [1.807, 2.05) is 42.5 Å².